The standard InChI is InChI=1S/C19H21N3O4S/c23-22(24)19-9-5-4-8-18(19)16-20-11-13-21(14-12-20)27(25,26)15-10-17-6-2-1-3-7-17/h1-10,15H,11-14,16H2/p+1/b15-10+. The molecule has 0 spiro atoms. The summed E-state index contributed by atoms with van der Waals surface area (Å²) in [6.07, 6.45) is 1.60. The van der Waals surface area contributed by atoms with Crippen LogP contribution in [-0.2, 0) is 16.6 Å². The molecule has 2 aromatic carbocycles. The van der Waals surface area contributed by atoms with Crippen LogP contribution in [0.5, 0.6) is 0 Å². The van der Waals surface area contributed by atoms with E-state index >= 15 is 0 Å². The van der Waals surface area contributed by atoms with Crippen molar-refractivity contribution in [3.63, 3.8) is 0 Å². The van der Waals surface area contributed by atoms with E-state index in [0.717, 1.165) is 10.5 Å². The summed E-state index contributed by atoms with van der Waals surface area (Å²) in [5.74, 6) is 0. The molecular weight excluding hydrogens is 366 g/mol. The Hall–Kier alpha value is -2.55. The summed E-state index contributed by atoms with van der Waals surface area (Å²) in [6.45, 7) is 2.55. The van der Waals surface area contributed by atoms with E-state index in [2.05, 4.69) is 0 Å². The molecule has 0 amide bonds. The van der Waals surface area contributed by atoms with Crippen LogP contribution in [0.1, 0.15) is 11.1 Å². The second-order valence-electron chi connectivity index (χ2n) is 6.47. The van der Waals surface area contributed by atoms with E-state index in [-0.39, 0.29) is 10.6 Å². The topological polar surface area (TPSA) is 85.0 Å². The van der Waals surface area contributed by atoms with Gasteiger partial charge in [0.1, 0.15) is 6.54 Å². The van der Waals surface area contributed by atoms with Crippen LogP contribution in [0.15, 0.2) is 60.0 Å². The fourth-order valence-electron chi connectivity index (χ4n) is 3.16. The maximum absolute atomic E-state index is 12.5. The fourth-order valence-corrected chi connectivity index (χ4v) is 4.35. The Morgan fingerprint density at radius 2 is 1.67 bits per heavy atom. The highest BCUT2D eigenvalue weighted by atomic mass is 32.2. The van der Waals surface area contributed by atoms with Gasteiger partial charge in [0.25, 0.3) is 5.69 Å². The number of hydrogen-bond acceptors (Lipinski definition) is 4. The molecule has 7 nitrogen and oxygen atoms in total. The Kier molecular flexibility index (Phi) is 6.00. The Morgan fingerprint density at radius 3 is 2.33 bits per heavy atom. The zero-order valence-corrected chi connectivity index (χ0v) is 15.6. The van der Waals surface area contributed by atoms with Crippen molar-refractivity contribution in [2.75, 3.05) is 26.2 Å². The van der Waals surface area contributed by atoms with Gasteiger partial charge >= 0.3 is 0 Å². The van der Waals surface area contributed by atoms with Crippen LogP contribution in [0.25, 0.3) is 6.08 Å². The molecule has 1 saturated heterocycles. The Morgan fingerprint density at radius 1 is 1.04 bits per heavy atom. The molecule has 142 valence electrons. The monoisotopic (exact) mass is 388 g/mol. The number of nitro benzene ring substituents is 1. The molecular formula is C19H22N3O4S+. The summed E-state index contributed by atoms with van der Waals surface area (Å²) in [4.78, 5) is 11.9. The van der Waals surface area contributed by atoms with Crippen molar-refractivity contribution in [2.24, 2.45) is 0 Å². The first-order valence-electron chi connectivity index (χ1n) is 8.75. The molecule has 1 fully saturated rings. The smallest absolute Gasteiger partial charge is 0.278 e. The fraction of sp³-hybridized carbons (Fsp3) is 0.263. The van der Waals surface area contributed by atoms with Gasteiger partial charge in [-0.15, -0.1) is 0 Å². The first-order valence-corrected chi connectivity index (χ1v) is 10.3. The van der Waals surface area contributed by atoms with Crippen LogP contribution in [0.2, 0.25) is 0 Å². The minimum absolute atomic E-state index is 0.117. The quantitative estimate of drug-likeness (QED) is 0.597. The number of rotatable bonds is 6. The highest BCUT2D eigenvalue weighted by Gasteiger charge is 2.28. The first-order chi connectivity index (χ1) is 13.0. The molecule has 0 bridgehead atoms. The number of piperazine rings is 1. The van der Waals surface area contributed by atoms with Gasteiger partial charge in [-0.25, -0.2) is 8.42 Å². The second kappa shape index (κ2) is 8.43. The summed E-state index contributed by atoms with van der Waals surface area (Å²) in [5, 5.41) is 12.4. The molecule has 0 aliphatic carbocycles. The molecule has 2 aromatic rings. The largest absolute Gasteiger partial charge is 0.329 e. The highest BCUT2D eigenvalue weighted by Crippen LogP contribution is 2.16. The van der Waals surface area contributed by atoms with Crippen LogP contribution in [-0.4, -0.2) is 43.8 Å². The van der Waals surface area contributed by atoms with Crippen molar-refractivity contribution < 1.29 is 18.2 Å². The number of quaternary nitrogens is 1. The van der Waals surface area contributed by atoms with Gasteiger partial charge in [0.15, 0.2) is 0 Å². The van der Waals surface area contributed by atoms with Crippen LogP contribution in [0.3, 0.4) is 0 Å². The third-order valence-corrected chi connectivity index (χ3v) is 6.22. The van der Waals surface area contributed by atoms with E-state index in [9.17, 15) is 18.5 Å². The third-order valence-electron chi connectivity index (χ3n) is 4.65. The number of sulfonamides is 1. The van der Waals surface area contributed by atoms with E-state index in [4.69, 9.17) is 0 Å². The van der Waals surface area contributed by atoms with Crippen molar-refractivity contribution in [1.82, 2.24) is 4.31 Å². The van der Waals surface area contributed by atoms with Crippen LogP contribution >= 0.6 is 0 Å². The van der Waals surface area contributed by atoms with Gasteiger partial charge in [-0.05, 0) is 17.7 Å². The van der Waals surface area contributed by atoms with Gasteiger partial charge < -0.3 is 4.90 Å². The van der Waals surface area contributed by atoms with E-state index in [0.29, 0.717) is 38.3 Å². The summed E-state index contributed by atoms with van der Waals surface area (Å²) in [7, 11) is -3.47. The van der Waals surface area contributed by atoms with Crippen molar-refractivity contribution in [3.05, 3.63) is 81.2 Å². The van der Waals surface area contributed by atoms with Crippen LogP contribution in [0, 0.1) is 10.1 Å². The minimum Gasteiger partial charge on any atom is -0.329 e. The summed E-state index contributed by atoms with van der Waals surface area (Å²) in [6, 6.07) is 16.0. The van der Waals surface area contributed by atoms with E-state index in [1.165, 1.54) is 15.8 Å². The lowest BCUT2D eigenvalue weighted by atomic mass is 10.1. The van der Waals surface area contributed by atoms with E-state index < -0.39 is 10.0 Å². The first kappa shape index (κ1) is 19.2. The molecule has 0 unspecified atom stereocenters. The Balaban J connectivity index is 1.60. The predicted octanol–water partition coefficient (Wildman–Crippen LogP) is 1.30. The van der Waals surface area contributed by atoms with Crippen molar-refractivity contribution in [1.29, 1.82) is 0 Å². The molecule has 3 rings (SSSR count). The molecule has 1 heterocycles. The van der Waals surface area contributed by atoms with Crippen LogP contribution < -0.4 is 4.90 Å². The van der Waals surface area contributed by atoms with Crippen molar-refractivity contribution in [3.8, 4) is 0 Å². The number of hydrogen-bond donors (Lipinski definition) is 1. The predicted molar refractivity (Wildman–Crippen MR) is 103 cm³/mol. The lowest BCUT2D eigenvalue weighted by Crippen LogP contribution is -3.13. The lowest BCUT2D eigenvalue weighted by Gasteiger charge is -2.30. The SMILES string of the molecule is O=[N+]([O-])c1ccccc1C[NH+]1CCN(S(=O)(=O)/C=C/c2ccccc2)CC1. The molecule has 0 saturated carbocycles. The average molecular weight is 388 g/mol. The van der Waals surface area contributed by atoms with Gasteiger partial charge in [-0.1, -0.05) is 42.5 Å². The maximum Gasteiger partial charge on any atom is 0.278 e. The van der Waals surface area contributed by atoms with E-state index in [1.807, 2.05) is 30.3 Å². The number of benzene rings is 2. The van der Waals surface area contributed by atoms with Gasteiger partial charge in [0, 0.05) is 11.5 Å². The summed E-state index contributed by atoms with van der Waals surface area (Å²) < 4.78 is 26.5. The van der Waals surface area contributed by atoms with Gasteiger partial charge in [0.05, 0.1) is 36.7 Å². The highest BCUT2D eigenvalue weighted by molar-refractivity contribution is 7.92. The number of nitro groups is 1. The zero-order valence-electron chi connectivity index (χ0n) is 14.8. The van der Waals surface area contributed by atoms with Gasteiger partial charge in [-0.2, -0.15) is 4.31 Å². The van der Waals surface area contributed by atoms with Gasteiger partial charge in [-0.3, -0.25) is 10.1 Å². The third kappa shape index (κ3) is 5.00. The molecule has 1 N–H and O–H groups in total. The average Bonchev–Trinajstić information content (AvgIpc) is 2.68. The second-order valence-corrected chi connectivity index (χ2v) is 8.29. The zero-order chi connectivity index (χ0) is 19.3. The number of nitrogens with one attached hydrogen (secondary N) is 1. The number of para-hydroxylation sites is 1. The van der Waals surface area contributed by atoms with Gasteiger partial charge in [0.2, 0.25) is 10.0 Å². The molecule has 0 aromatic heterocycles. The lowest BCUT2D eigenvalue weighted by molar-refractivity contribution is -0.917. The molecule has 0 atom stereocenters. The minimum atomic E-state index is -3.47. The molecule has 27 heavy (non-hydrogen) atoms. The van der Waals surface area contributed by atoms with Crippen molar-refractivity contribution in [2.45, 2.75) is 6.54 Å². The van der Waals surface area contributed by atoms with Crippen molar-refractivity contribution >= 4 is 21.8 Å². The molecule has 1 aliphatic rings. The molecule has 8 heteroatoms. The molecule has 0 radical (unpaired) electrons. The molecule has 1 aliphatic heterocycles. The Labute approximate surface area is 158 Å². The maximum atomic E-state index is 12.5. The summed E-state index contributed by atoms with van der Waals surface area (Å²) in [5.41, 5.74) is 1.63. The number of nitrogens with zero attached hydrogens (tertiary/aromatic N) is 2. The van der Waals surface area contributed by atoms with Crippen LogP contribution in [0.4, 0.5) is 5.69 Å². The van der Waals surface area contributed by atoms with E-state index in [1.54, 1.807) is 24.3 Å². The summed E-state index contributed by atoms with van der Waals surface area (Å²) >= 11 is 0. The normalized spacial score (nSPS) is 16.6. The Bertz CT molecular complexity index is 921.